The molecular weight excluding hydrogens is 272 g/mol. The second kappa shape index (κ2) is 7.09. The molecule has 0 fully saturated rings. The van der Waals surface area contributed by atoms with Crippen molar-refractivity contribution in [3.05, 3.63) is 29.3 Å². The maximum absolute atomic E-state index is 12.1. The molecule has 1 unspecified atom stereocenters. The Morgan fingerprint density at radius 1 is 1.33 bits per heavy atom. The molecule has 0 spiro atoms. The highest BCUT2D eigenvalue weighted by atomic mass is 35.5. The van der Waals surface area contributed by atoms with E-state index in [9.17, 15) is 8.42 Å². The van der Waals surface area contributed by atoms with E-state index in [0.29, 0.717) is 18.0 Å². The molecule has 0 heterocycles. The van der Waals surface area contributed by atoms with Gasteiger partial charge >= 0.3 is 0 Å². The van der Waals surface area contributed by atoms with Crippen molar-refractivity contribution < 1.29 is 8.42 Å². The number of benzene rings is 1. The Labute approximate surface area is 115 Å². The lowest BCUT2D eigenvalue weighted by molar-refractivity contribution is 0.544. The molecule has 18 heavy (non-hydrogen) atoms. The number of rotatable bonds is 5. The van der Waals surface area contributed by atoms with E-state index in [1.165, 1.54) is 0 Å². The van der Waals surface area contributed by atoms with Crippen LogP contribution >= 0.6 is 12.4 Å². The number of hydrogen-bond donors (Lipinski definition) is 2. The second-order valence-corrected chi connectivity index (χ2v) is 6.20. The third kappa shape index (κ3) is 4.57. The average Bonchev–Trinajstić information content (AvgIpc) is 2.29. The van der Waals surface area contributed by atoms with E-state index in [0.717, 1.165) is 11.1 Å². The first-order valence-corrected chi connectivity index (χ1v) is 7.12. The van der Waals surface area contributed by atoms with Gasteiger partial charge in [-0.3, -0.25) is 0 Å². The summed E-state index contributed by atoms with van der Waals surface area (Å²) in [6.45, 7) is 6.41. The maximum atomic E-state index is 12.1. The van der Waals surface area contributed by atoms with Gasteiger partial charge in [-0.15, -0.1) is 12.4 Å². The molecule has 0 radical (unpaired) electrons. The number of halogens is 1. The molecule has 0 saturated carbocycles. The van der Waals surface area contributed by atoms with Crippen LogP contribution in [0.3, 0.4) is 0 Å². The minimum absolute atomic E-state index is 0. The normalized spacial score (nSPS) is 12.9. The summed E-state index contributed by atoms with van der Waals surface area (Å²) in [7, 11) is -3.42. The molecule has 4 nitrogen and oxygen atoms in total. The minimum atomic E-state index is -3.42. The van der Waals surface area contributed by atoms with Crippen molar-refractivity contribution in [2.24, 2.45) is 11.7 Å². The Balaban J connectivity index is 0.00000289. The number of nitrogens with two attached hydrogens (primary N) is 1. The molecule has 0 aromatic heterocycles. The van der Waals surface area contributed by atoms with Gasteiger partial charge in [0.05, 0.1) is 4.90 Å². The lowest BCUT2D eigenvalue weighted by Crippen LogP contribution is -2.31. The highest BCUT2D eigenvalue weighted by Crippen LogP contribution is 2.16. The van der Waals surface area contributed by atoms with E-state index in [1.54, 1.807) is 13.0 Å². The van der Waals surface area contributed by atoms with E-state index in [-0.39, 0.29) is 18.3 Å². The van der Waals surface area contributed by atoms with Crippen LogP contribution in [0.2, 0.25) is 0 Å². The molecule has 0 aliphatic carbocycles. The number of sulfonamides is 1. The van der Waals surface area contributed by atoms with E-state index in [1.807, 2.05) is 26.0 Å². The van der Waals surface area contributed by atoms with Gasteiger partial charge in [-0.05, 0) is 43.5 Å². The van der Waals surface area contributed by atoms with Crippen LogP contribution in [0.4, 0.5) is 0 Å². The zero-order valence-corrected chi connectivity index (χ0v) is 12.6. The zero-order valence-electron chi connectivity index (χ0n) is 10.9. The molecule has 0 aliphatic rings. The summed E-state index contributed by atoms with van der Waals surface area (Å²) in [6, 6.07) is 5.40. The first kappa shape index (κ1) is 17.4. The summed E-state index contributed by atoms with van der Waals surface area (Å²) < 4.78 is 26.7. The van der Waals surface area contributed by atoms with Crippen LogP contribution in [0, 0.1) is 19.8 Å². The third-order valence-electron chi connectivity index (χ3n) is 2.66. The SMILES string of the molecule is Cc1ccc(C)c(S(=O)(=O)NCC(C)CN)c1.Cl. The fourth-order valence-corrected chi connectivity index (χ4v) is 2.90. The van der Waals surface area contributed by atoms with E-state index in [2.05, 4.69) is 4.72 Å². The van der Waals surface area contributed by atoms with E-state index in [4.69, 9.17) is 5.73 Å². The van der Waals surface area contributed by atoms with Crippen LogP contribution in [-0.4, -0.2) is 21.5 Å². The highest BCUT2D eigenvalue weighted by Gasteiger charge is 2.17. The molecule has 0 aliphatic heterocycles. The lowest BCUT2D eigenvalue weighted by Gasteiger charge is -2.12. The lowest BCUT2D eigenvalue weighted by atomic mass is 10.2. The summed E-state index contributed by atoms with van der Waals surface area (Å²) in [5.74, 6) is 0.134. The van der Waals surface area contributed by atoms with Gasteiger partial charge in [0.25, 0.3) is 0 Å². The Hall–Kier alpha value is -0.620. The van der Waals surface area contributed by atoms with Crippen LogP contribution in [-0.2, 0) is 10.0 Å². The molecular formula is C12H21ClN2O2S. The fraction of sp³-hybridized carbons (Fsp3) is 0.500. The summed E-state index contributed by atoms with van der Waals surface area (Å²) in [4.78, 5) is 0.349. The Morgan fingerprint density at radius 3 is 2.50 bits per heavy atom. The Morgan fingerprint density at radius 2 is 1.94 bits per heavy atom. The predicted molar refractivity (Wildman–Crippen MR) is 76.6 cm³/mol. The van der Waals surface area contributed by atoms with Crippen molar-refractivity contribution in [1.82, 2.24) is 4.72 Å². The molecule has 0 amide bonds. The standard InChI is InChI=1S/C12H20N2O2S.ClH/c1-9-4-5-11(3)12(6-9)17(15,16)14-8-10(2)7-13;/h4-6,10,14H,7-8,13H2,1-3H3;1H. The predicted octanol–water partition coefficient (Wildman–Crippen LogP) is 1.60. The molecule has 1 atom stereocenters. The molecule has 0 bridgehead atoms. The van der Waals surface area contributed by atoms with Gasteiger partial charge in [0.15, 0.2) is 0 Å². The molecule has 104 valence electrons. The van der Waals surface area contributed by atoms with Gasteiger partial charge in [0.2, 0.25) is 10.0 Å². The summed E-state index contributed by atoms with van der Waals surface area (Å²) in [5, 5.41) is 0. The van der Waals surface area contributed by atoms with Gasteiger partial charge in [-0.2, -0.15) is 0 Å². The van der Waals surface area contributed by atoms with E-state index >= 15 is 0 Å². The number of hydrogen-bond acceptors (Lipinski definition) is 3. The summed E-state index contributed by atoms with van der Waals surface area (Å²) in [5.41, 5.74) is 7.15. The Bertz CT molecular complexity index is 489. The van der Waals surface area contributed by atoms with Crippen molar-refractivity contribution in [1.29, 1.82) is 0 Å². The zero-order chi connectivity index (χ0) is 13.1. The first-order valence-electron chi connectivity index (χ1n) is 5.64. The van der Waals surface area contributed by atoms with Crippen LogP contribution in [0.25, 0.3) is 0 Å². The minimum Gasteiger partial charge on any atom is -0.330 e. The second-order valence-electron chi connectivity index (χ2n) is 4.46. The van der Waals surface area contributed by atoms with Crippen LogP contribution < -0.4 is 10.5 Å². The average molecular weight is 293 g/mol. The van der Waals surface area contributed by atoms with Crippen LogP contribution in [0.5, 0.6) is 0 Å². The van der Waals surface area contributed by atoms with Gasteiger partial charge in [0.1, 0.15) is 0 Å². The molecule has 1 aromatic rings. The van der Waals surface area contributed by atoms with Crippen LogP contribution in [0.15, 0.2) is 23.1 Å². The third-order valence-corrected chi connectivity index (χ3v) is 4.22. The van der Waals surface area contributed by atoms with Crippen LogP contribution in [0.1, 0.15) is 18.1 Å². The summed E-state index contributed by atoms with van der Waals surface area (Å²) >= 11 is 0. The first-order chi connectivity index (χ1) is 7.86. The topological polar surface area (TPSA) is 72.2 Å². The van der Waals surface area contributed by atoms with Crippen molar-refractivity contribution >= 4 is 22.4 Å². The van der Waals surface area contributed by atoms with Gasteiger partial charge in [-0.25, -0.2) is 13.1 Å². The maximum Gasteiger partial charge on any atom is 0.240 e. The van der Waals surface area contributed by atoms with Crippen molar-refractivity contribution in [3.8, 4) is 0 Å². The molecule has 6 heteroatoms. The molecule has 3 N–H and O–H groups in total. The molecule has 1 rings (SSSR count). The molecule has 1 aromatic carbocycles. The smallest absolute Gasteiger partial charge is 0.240 e. The van der Waals surface area contributed by atoms with Gasteiger partial charge in [0, 0.05) is 6.54 Å². The van der Waals surface area contributed by atoms with Gasteiger partial charge in [-0.1, -0.05) is 19.1 Å². The van der Waals surface area contributed by atoms with Gasteiger partial charge < -0.3 is 5.73 Å². The quantitative estimate of drug-likeness (QED) is 0.866. The number of nitrogens with one attached hydrogen (secondary N) is 1. The fourth-order valence-electron chi connectivity index (χ4n) is 1.41. The summed E-state index contributed by atoms with van der Waals surface area (Å²) in [6.07, 6.45) is 0. The van der Waals surface area contributed by atoms with Crippen molar-refractivity contribution in [3.63, 3.8) is 0 Å². The van der Waals surface area contributed by atoms with Crippen molar-refractivity contribution in [2.75, 3.05) is 13.1 Å². The monoisotopic (exact) mass is 292 g/mol. The highest BCUT2D eigenvalue weighted by molar-refractivity contribution is 7.89. The van der Waals surface area contributed by atoms with E-state index < -0.39 is 10.0 Å². The largest absolute Gasteiger partial charge is 0.330 e. The van der Waals surface area contributed by atoms with Crippen molar-refractivity contribution in [2.45, 2.75) is 25.7 Å². The molecule has 0 saturated heterocycles. The Kier molecular flexibility index (Phi) is 6.84. The number of aryl methyl sites for hydroxylation is 2.